The van der Waals surface area contributed by atoms with E-state index in [9.17, 15) is 13.2 Å². The fourth-order valence-corrected chi connectivity index (χ4v) is 5.09. The standard InChI is InChI=1S/C25H26BrNO5S/c1-4-31-21-13-11-20(12-14-21)27(33(29,30)22-8-6-5-7-9-22)25(28)17-32-24-15-10-19(18(2)3)16-23(24)26/h5-16,18H,4,17H2,1-3H3. The maximum atomic E-state index is 13.4. The molecule has 0 aliphatic rings. The lowest BCUT2D eigenvalue weighted by Crippen LogP contribution is -2.40. The number of anilines is 1. The molecule has 8 heteroatoms. The van der Waals surface area contributed by atoms with Crippen molar-refractivity contribution in [3.8, 4) is 11.5 Å². The lowest BCUT2D eigenvalue weighted by Gasteiger charge is -2.23. The van der Waals surface area contributed by atoms with Crippen molar-refractivity contribution in [1.29, 1.82) is 0 Å². The first kappa shape index (κ1) is 24.8. The molecule has 0 atom stereocenters. The number of halogens is 1. The minimum atomic E-state index is -4.16. The van der Waals surface area contributed by atoms with Crippen LogP contribution in [0.3, 0.4) is 0 Å². The largest absolute Gasteiger partial charge is 0.494 e. The molecule has 3 aromatic carbocycles. The van der Waals surface area contributed by atoms with Crippen LogP contribution in [0.4, 0.5) is 5.69 Å². The van der Waals surface area contributed by atoms with E-state index >= 15 is 0 Å². The molecule has 0 saturated carbocycles. The zero-order valence-corrected chi connectivity index (χ0v) is 21.1. The van der Waals surface area contributed by atoms with E-state index in [-0.39, 0.29) is 10.6 Å². The van der Waals surface area contributed by atoms with Crippen molar-refractivity contribution in [1.82, 2.24) is 0 Å². The van der Waals surface area contributed by atoms with Crippen molar-refractivity contribution >= 4 is 37.5 Å². The number of rotatable bonds is 9. The molecule has 1 amide bonds. The van der Waals surface area contributed by atoms with Gasteiger partial charge in [0.1, 0.15) is 11.5 Å². The highest BCUT2D eigenvalue weighted by atomic mass is 79.9. The summed E-state index contributed by atoms with van der Waals surface area (Å²) in [5.41, 5.74) is 1.31. The summed E-state index contributed by atoms with van der Waals surface area (Å²) in [5.74, 6) is 0.652. The summed E-state index contributed by atoms with van der Waals surface area (Å²) < 4.78 is 39.4. The van der Waals surface area contributed by atoms with Crippen LogP contribution < -0.4 is 13.8 Å². The SMILES string of the molecule is CCOc1ccc(N(C(=O)COc2ccc(C(C)C)cc2Br)S(=O)(=O)c2ccccc2)cc1. The first-order valence-electron chi connectivity index (χ1n) is 10.5. The average Bonchev–Trinajstić information content (AvgIpc) is 2.80. The second-order valence-corrected chi connectivity index (χ2v) is 10.2. The van der Waals surface area contributed by atoms with Crippen molar-refractivity contribution in [2.45, 2.75) is 31.6 Å². The molecule has 0 bridgehead atoms. The van der Waals surface area contributed by atoms with Crippen molar-refractivity contribution in [2.24, 2.45) is 0 Å². The highest BCUT2D eigenvalue weighted by molar-refractivity contribution is 9.10. The van der Waals surface area contributed by atoms with Gasteiger partial charge in [0.05, 0.1) is 21.7 Å². The number of ether oxygens (including phenoxy) is 2. The summed E-state index contributed by atoms with van der Waals surface area (Å²) in [6.07, 6.45) is 0. The van der Waals surface area contributed by atoms with Gasteiger partial charge in [0.25, 0.3) is 15.9 Å². The van der Waals surface area contributed by atoms with Gasteiger partial charge in [-0.05, 0) is 82.9 Å². The Morgan fingerprint density at radius 3 is 2.21 bits per heavy atom. The van der Waals surface area contributed by atoms with E-state index in [0.29, 0.717) is 28.5 Å². The average molecular weight is 532 g/mol. The molecule has 0 radical (unpaired) electrons. The topological polar surface area (TPSA) is 72.9 Å². The van der Waals surface area contributed by atoms with Crippen LogP contribution in [0.25, 0.3) is 0 Å². The second kappa shape index (κ2) is 10.9. The van der Waals surface area contributed by atoms with Gasteiger partial charge in [0, 0.05) is 0 Å². The monoisotopic (exact) mass is 531 g/mol. The van der Waals surface area contributed by atoms with Gasteiger partial charge in [-0.2, -0.15) is 4.31 Å². The fourth-order valence-electron chi connectivity index (χ4n) is 3.15. The summed E-state index contributed by atoms with van der Waals surface area (Å²) in [7, 11) is -4.16. The van der Waals surface area contributed by atoms with E-state index in [4.69, 9.17) is 9.47 Å². The lowest BCUT2D eigenvalue weighted by molar-refractivity contribution is -0.119. The Morgan fingerprint density at radius 1 is 0.970 bits per heavy atom. The third kappa shape index (κ3) is 5.94. The van der Waals surface area contributed by atoms with Crippen LogP contribution in [0.2, 0.25) is 0 Å². The zero-order chi connectivity index (χ0) is 24.0. The Bertz CT molecular complexity index is 1200. The number of sulfonamides is 1. The Balaban J connectivity index is 1.91. The Labute approximate surface area is 203 Å². The first-order chi connectivity index (χ1) is 15.7. The van der Waals surface area contributed by atoms with Gasteiger partial charge in [0.15, 0.2) is 6.61 Å². The molecule has 0 saturated heterocycles. The van der Waals surface area contributed by atoms with Gasteiger partial charge in [-0.3, -0.25) is 4.79 Å². The minimum Gasteiger partial charge on any atom is -0.494 e. The zero-order valence-electron chi connectivity index (χ0n) is 18.7. The van der Waals surface area contributed by atoms with Crippen molar-refractivity contribution in [3.05, 3.63) is 82.8 Å². The van der Waals surface area contributed by atoms with Gasteiger partial charge in [-0.15, -0.1) is 0 Å². The maximum Gasteiger partial charge on any atom is 0.278 e. The quantitative estimate of drug-likeness (QED) is 0.350. The van der Waals surface area contributed by atoms with Crippen molar-refractivity contribution in [2.75, 3.05) is 17.5 Å². The molecule has 3 rings (SSSR count). The molecule has 0 heterocycles. The summed E-state index contributed by atoms with van der Waals surface area (Å²) in [4.78, 5) is 13.2. The highest BCUT2D eigenvalue weighted by Crippen LogP contribution is 2.30. The second-order valence-electron chi connectivity index (χ2n) is 7.54. The summed E-state index contributed by atoms with van der Waals surface area (Å²) in [5, 5.41) is 0. The molecule has 174 valence electrons. The lowest BCUT2D eigenvalue weighted by atomic mass is 10.0. The predicted molar refractivity (Wildman–Crippen MR) is 132 cm³/mol. The number of hydrogen-bond acceptors (Lipinski definition) is 5. The van der Waals surface area contributed by atoms with Gasteiger partial charge >= 0.3 is 0 Å². The Hall–Kier alpha value is -2.84. The molecular formula is C25H26BrNO5S. The van der Waals surface area contributed by atoms with Gasteiger partial charge in [-0.25, -0.2) is 8.42 Å². The highest BCUT2D eigenvalue weighted by Gasteiger charge is 2.31. The number of amides is 1. The van der Waals surface area contributed by atoms with Gasteiger partial charge in [-0.1, -0.05) is 38.1 Å². The number of carbonyl (C=O) groups excluding carboxylic acids is 1. The summed E-state index contributed by atoms with van der Waals surface area (Å²) in [6, 6.07) is 19.8. The molecule has 0 aliphatic heterocycles. The number of carbonyl (C=O) groups is 1. The minimum absolute atomic E-state index is 0.00898. The molecule has 6 nitrogen and oxygen atoms in total. The molecule has 0 unspecified atom stereocenters. The normalized spacial score (nSPS) is 11.3. The van der Waals surface area contributed by atoms with Crippen LogP contribution in [0.5, 0.6) is 11.5 Å². The Kier molecular flexibility index (Phi) is 8.15. The molecule has 0 spiro atoms. The summed E-state index contributed by atoms with van der Waals surface area (Å²) in [6.45, 7) is 6.03. The molecule has 0 aliphatic carbocycles. The van der Waals surface area contributed by atoms with E-state index in [1.807, 2.05) is 19.1 Å². The van der Waals surface area contributed by atoms with Gasteiger partial charge < -0.3 is 9.47 Å². The van der Waals surface area contributed by atoms with Gasteiger partial charge in [0.2, 0.25) is 0 Å². The number of benzene rings is 3. The summed E-state index contributed by atoms with van der Waals surface area (Å²) >= 11 is 3.46. The van der Waals surface area contributed by atoms with Crippen LogP contribution >= 0.6 is 15.9 Å². The molecule has 33 heavy (non-hydrogen) atoms. The van der Waals surface area contributed by atoms with Crippen LogP contribution in [-0.4, -0.2) is 27.5 Å². The first-order valence-corrected chi connectivity index (χ1v) is 12.8. The van der Waals surface area contributed by atoms with E-state index in [2.05, 4.69) is 29.8 Å². The van der Waals surface area contributed by atoms with Crippen LogP contribution in [-0.2, 0) is 14.8 Å². The van der Waals surface area contributed by atoms with E-state index in [1.165, 1.54) is 24.3 Å². The predicted octanol–water partition coefficient (Wildman–Crippen LogP) is 5.77. The fraction of sp³-hybridized carbons (Fsp3) is 0.240. The third-order valence-electron chi connectivity index (χ3n) is 4.86. The van der Waals surface area contributed by atoms with Crippen LogP contribution in [0, 0.1) is 0 Å². The van der Waals surface area contributed by atoms with Crippen molar-refractivity contribution < 1.29 is 22.7 Å². The maximum absolute atomic E-state index is 13.4. The molecule has 0 N–H and O–H groups in total. The van der Waals surface area contributed by atoms with Crippen LogP contribution in [0.15, 0.2) is 82.2 Å². The van der Waals surface area contributed by atoms with E-state index in [0.717, 1.165) is 9.87 Å². The smallest absolute Gasteiger partial charge is 0.278 e. The number of nitrogens with zero attached hydrogens (tertiary/aromatic N) is 1. The molecule has 0 aromatic heterocycles. The molecular weight excluding hydrogens is 506 g/mol. The third-order valence-corrected chi connectivity index (χ3v) is 7.25. The van der Waals surface area contributed by atoms with E-state index < -0.39 is 22.5 Å². The molecule has 3 aromatic rings. The number of hydrogen-bond donors (Lipinski definition) is 0. The van der Waals surface area contributed by atoms with Crippen LogP contribution in [0.1, 0.15) is 32.3 Å². The van der Waals surface area contributed by atoms with Crippen molar-refractivity contribution in [3.63, 3.8) is 0 Å². The van der Waals surface area contributed by atoms with E-state index in [1.54, 1.807) is 36.4 Å². The molecule has 0 fully saturated rings. The Morgan fingerprint density at radius 2 is 1.64 bits per heavy atom.